The Morgan fingerprint density at radius 2 is 0.792 bits per heavy atom. The van der Waals surface area contributed by atoms with Crippen LogP contribution in [0.4, 0.5) is 0 Å². The van der Waals surface area contributed by atoms with Gasteiger partial charge in [-0.3, -0.25) is 0 Å². The topological polar surface area (TPSA) is 9.86 Å². The molecule has 0 bridgehead atoms. The van der Waals surface area contributed by atoms with Crippen molar-refractivity contribution >= 4 is 80.0 Å². The molecule has 270 valence electrons. The Balaban J connectivity index is 1.55. The Kier molecular flexibility index (Phi) is 6.81. The summed E-state index contributed by atoms with van der Waals surface area (Å²) in [5.41, 5.74) is 18.3. The zero-order valence-corrected chi connectivity index (χ0v) is 35.9. The fraction of sp³-hybridized carbons (Fsp3) is 0.388. The number of rotatable bonds is 1. The zero-order chi connectivity index (χ0) is 38.1. The maximum atomic E-state index is 2.68. The Morgan fingerprint density at radius 1 is 0.434 bits per heavy atom. The zero-order valence-electron chi connectivity index (χ0n) is 34.9. The first kappa shape index (κ1) is 34.7. The summed E-state index contributed by atoms with van der Waals surface area (Å²) >= 11 is 0. The van der Waals surface area contributed by atoms with Crippen LogP contribution in [0.1, 0.15) is 105 Å². The molecule has 7 aromatic rings. The maximum absolute atomic E-state index is 2.68. The van der Waals surface area contributed by atoms with E-state index in [0.29, 0.717) is 0 Å². The minimum absolute atomic E-state index is 0.00104. The van der Waals surface area contributed by atoms with Crippen LogP contribution in [0.5, 0.6) is 0 Å². The Hall–Kier alpha value is -4.02. The second-order valence-corrected chi connectivity index (χ2v) is 26.7. The third kappa shape index (κ3) is 4.89. The normalized spacial score (nSPS) is 14.7. The van der Waals surface area contributed by atoms with Gasteiger partial charge in [-0.2, -0.15) is 0 Å². The predicted octanol–water partition coefficient (Wildman–Crippen LogP) is 10.8. The van der Waals surface area contributed by atoms with E-state index in [0.717, 1.165) is 0 Å². The smallest absolute Gasteiger partial charge is 0.252 e. The number of hydrogen-bond acceptors (Lipinski definition) is 0. The van der Waals surface area contributed by atoms with E-state index >= 15 is 0 Å². The van der Waals surface area contributed by atoms with Gasteiger partial charge >= 0.3 is 0 Å². The molecule has 2 nitrogen and oxygen atoms in total. The van der Waals surface area contributed by atoms with E-state index in [1.165, 1.54) is 98.8 Å². The van der Waals surface area contributed by atoms with Crippen molar-refractivity contribution in [2.45, 2.75) is 124 Å². The van der Waals surface area contributed by atoms with E-state index in [2.05, 4.69) is 185 Å². The highest BCUT2D eigenvalue weighted by molar-refractivity contribution is 7.00. The molecule has 0 fully saturated rings. The van der Waals surface area contributed by atoms with Crippen molar-refractivity contribution in [3.05, 3.63) is 95.1 Å². The van der Waals surface area contributed by atoms with Crippen LogP contribution in [0.2, 0.25) is 19.6 Å². The third-order valence-corrected chi connectivity index (χ3v) is 14.7. The van der Waals surface area contributed by atoms with Crippen molar-refractivity contribution in [1.29, 1.82) is 0 Å². The Morgan fingerprint density at radius 3 is 1.13 bits per heavy atom. The van der Waals surface area contributed by atoms with Gasteiger partial charge in [0.05, 0.1) is 19.1 Å². The van der Waals surface area contributed by atoms with Crippen LogP contribution in [0.15, 0.2) is 72.8 Å². The number of fused-ring (bicyclic) bond motifs is 10. The van der Waals surface area contributed by atoms with E-state index in [4.69, 9.17) is 0 Å². The number of benzene rings is 5. The van der Waals surface area contributed by atoms with Gasteiger partial charge in [0.1, 0.15) is 0 Å². The van der Waals surface area contributed by atoms with Crippen LogP contribution >= 0.6 is 0 Å². The monoisotopic (exact) mass is 712 g/mol. The molecule has 0 atom stereocenters. The molecule has 4 heteroatoms. The summed E-state index contributed by atoms with van der Waals surface area (Å²) in [5, 5.41) is 7.04. The molecule has 4 heterocycles. The van der Waals surface area contributed by atoms with Gasteiger partial charge in [0.25, 0.3) is 6.71 Å². The van der Waals surface area contributed by atoms with Gasteiger partial charge in [0, 0.05) is 44.0 Å². The van der Waals surface area contributed by atoms with Gasteiger partial charge < -0.3 is 9.13 Å². The van der Waals surface area contributed by atoms with E-state index in [-0.39, 0.29) is 28.4 Å². The molecule has 2 aliphatic heterocycles. The van der Waals surface area contributed by atoms with Gasteiger partial charge in [-0.15, -0.1) is 0 Å². The highest BCUT2D eigenvalue weighted by atomic mass is 28.3. The lowest BCUT2D eigenvalue weighted by Crippen LogP contribution is -2.60. The lowest BCUT2D eigenvalue weighted by Gasteiger charge is -2.36. The minimum atomic E-state index is -1.74. The molecule has 0 aliphatic carbocycles. The first-order valence-electron chi connectivity index (χ1n) is 19.9. The van der Waals surface area contributed by atoms with E-state index in [1.807, 2.05) is 0 Å². The van der Waals surface area contributed by atoms with E-state index in [9.17, 15) is 0 Å². The van der Waals surface area contributed by atoms with Crippen molar-refractivity contribution < 1.29 is 0 Å². The third-order valence-electron chi connectivity index (χ3n) is 12.6. The molecular formula is C49H57BN2Si. The number of aromatic nitrogens is 2. The van der Waals surface area contributed by atoms with Gasteiger partial charge in [0.2, 0.25) is 0 Å². The largest absolute Gasteiger partial charge is 0.310 e. The molecule has 0 unspecified atom stereocenters. The quantitative estimate of drug-likeness (QED) is 0.150. The molecule has 0 saturated carbocycles. The average Bonchev–Trinajstić information content (AvgIpc) is 3.55. The predicted molar refractivity (Wildman–Crippen MR) is 238 cm³/mol. The van der Waals surface area contributed by atoms with Crippen LogP contribution in [-0.2, 0) is 21.7 Å². The van der Waals surface area contributed by atoms with Crippen molar-refractivity contribution in [2.24, 2.45) is 0 Å². The molecule has 0 spiro atoms. The van der Waals surface area contributed by atoms with Crippen molar-refractivity contribution in [3.63, 3.8) is 0 Å². The highest BCUT2D eigenvalue weighted by Crippen LogP contribution is 2.43. The first-order chi connectivity index (χ1) is 24.4. The van der Waals surface area contributed by atoms with Gasteiger partial charge in [-0.25, -0.2) is 0 Å². The molecule has 9 rings (SSSR count). The van der Waals surface area contributed by atoms with Gasteiger partial charge in [-0.05, 0) is 109 Å². The summed E-state index contributed by atoms with van der Waals surface area (Å²) in [6, 6.07) is 30.1. The van der Waals surface area contributed by atoms with Gasteiger partial charge in [0.15, 0.2) is 0 Å². The van der Waals surface area contributed by atoms with E-state index in [1.54, 1.807) is 0 Å². The molecule has 5 aromatic carbocycles. The summed E-state index contributed by atoms with van der Waals surface area (Å²) in [6.07, 6.45) is 0. The fourth-order valence-corrected chi connectivity index (χ4v) is 10.4. The molecule has 0 N–H and O–H groups in total. The lowest BCUT2D eigenvalue weighted by atomic mass is 9.34. The Labute approximate surface area is 318 Å². The van der Waals surface area contributed by atoms with Crippen LogP contribution < -0.4 is 21.6 Å². The second-order valence-electron chi connectivity index (χ2n) is 21.7. The van der Waals surface area contributed by atoms with Crippen LogP contribution in [0.25, 0.3) is 55.0 Å². The fourth-order valence-electron chi connectivity index (χ4n) is 9.30. The minimum Gasteiger partial charge on any atom is -0.310 e. The maximum Gasteiger partial charge on any atom is 0.252 e. The first-order valence-corrected chi connectivity index (χ1v) is 23.4. The molecule has 2 aromatic heterocycles. The summed E-state index contributed by atoms with van der Waals surface area (Å²) in [7, 11) is -1.74. The molecule has 0 amide bonds. The summed E-state index contributed by atoms with van der Waals surface area (Å²) in [6.45, 7) is 36.0. The molecule has 53 heavy (non-hydrogen) atoms. The molecular weight excluding hydrogens is 655 g/mol. The molecule has 0 radical (unpaired) electrons. The molecule has 0 saturated heterocycles. The van der Waals surface area contributed by atoms with Crippen molar-refractivity contribution in [1.82, 2.24) is 9.13 Å². The SMILES string of the molecule is CC(C)(C)c1ccc2c(c1)c1cc(C(C)(C)C)cc3c1n2-c1cc([Si](C)(C)C)cc2c1B3c1cc(C(C)(C)C)cc3c4cc(C(C)(C)C)ccc4n-2c13. The van der Waals surface area contributed by atoms with Crippen molar-refractivity contribution in [3.8, 4) is 11.4 Å². The number of hydrogen-bond donors (Lipinski definition) is 0. The van der Waals surface area contributed by atoms with Crippen LogP contribution in [-0.4, -0.2) is 23.9 Å². The summed E-state index contributed by atoms with van der Waals surface area (Å²) in [5.74, 6) is 0. The Bertz CT molecular complexity index is 2560. The summed E-state index contributed by atoms with van der Waals surface area (Å²) in [4.78, 5) is 0. The number of nitrogens with zero attached hydrogens (tertiary/aromatic N) is 2. The van der Waals surface area contributed by atoms with Crippen LogP contribution in [0.3, 0.4) is 0 Å². The van der Waals surface area contributed by atoms with Crippen LogP contribution in [0, 0.1) is 0 Å². The summed E-state index contributed by atoms with van der Waals surface area (Å²) < 4.78 is 5.36. The average molecular weight is 713 g/mol. The highest BCUT2D eigenvalue weighted by Gasteiger charge is 2.43. The lowest BCUT2D eigenvalue weighted by molar-refractivity contribution is 0.590. The molecule has 2 aliphatic rings. The standard InChI is InChI=1S/C49H57BN2Si/c1-46(2,3)28-16-18-39-33(20-28)35-22-30(48(7,8)9)24-37-44(35)51(39)41-26-32(53(13,14)15)27-42-43(41)50(37)38-25-31(49(10,11)12)23-36-34-21-29(47(4,5)6)17-19-40(34)52(42)45(36)38/h16-27H,1-15H3. The van der Waals surface area contributed by atoms with Crippen molar-refractivity contribution in [2.75, 3.05) is 0 Å². The second kappa shape index (κ2) is 10.4. The van der Waals surface area contributed by atoms with E-state index < -0.39 is 8.07 Å². The van der Waals surface area contributed by atoms with Gasteiger partial charge in [-0.1, -0.05) is 132 Å².